The van der Waals surface area contributed by atoms with Gasteiger partial charge in [-0.2, -0.15) is 0 Å². The predicted octanol–water partition coefficient (Wildman–Crippen LogP) is 6.97. The van der Waals surface area contributed by atoms with Crippen molar-refractivity contribution in [2.45, 2.75) is 0 Å². The van der Waals surface area contributed by atoms with E-state index in [-0.39, 0.29) is 0 Å². The van der Waals surface area contributed by atoms with E-state index in [1.165, 1.54) is 16.4 Å². The number of para-hydroxylation sites is 1. The Balaban J connectivity index is 1.94. The first-order valence-electron chi connectivity index (χ1n) is 8.22. The number of aromatic hydroxyl groups is 1. The highest BCUT2D eigenvalue weighted by Gasteiger charge is 2.10. The van der Waals surface area contributed by atoms with Crippen molar-refractivity contribution in [3.8, 4) is 38.6 Å². The maximum Gasteiger partial charge on any atom is 0.123 e. The summed E-state index contributed by atoms with van der Waals surface area (Å²) in [7, 11) is 1.10. The van der Waals surface area contributed by atoms with Gasteiger partial charge in [0.25, 0.3) is 0 Å². The second kappa shape index (κ2) is 6.93. The molecule has 1 nitrogen and oxygen atoms in total. The van der Waals surface area contributed by atoms with Crippen LogP contribution in [0.15, 0.2) is 97.1 Å². The van der Waals surface area contributed by atoms with Crippen molar-refractivity contribution in [1.82, 2.24) is 0 Å². The van der Waals surface area contributed by atoms with Crippen LogP contribution < -0.4 is 0 Å². The zero-order valence-corrected chi connectivity index (χ0v) is 14.5. The lowest BCUT2D eigenvalue weighted by Gasteiger charge is -2.11. The Kier molecular flexibility index (Phi) is 4.33. The minimum absolute atomic E-state index is 0.322. The van der Waals surface area contributed by atoms with E-state index in [0.717, 1.165) is 24.6 Å². The molecule has 0 unspecified atom stereocenters. The molecule has 25 heavy (non-hydrogen) atoms. The van der Waals surface area contributed by atoms with Crippen LogP contribution in [-0.4, -0.2) is 5.11 Å². The van der Waals surface area contributed by atoms with Gasteiger partial charge < -0.3 is 5.11 Å². The molecule has 3 aromatic carbocycles. The maximum absolute atomic E-state index is 10.3. The van der Waals surface area contributed by atoms with Crippen LogP contribution in [-0.2, 0) is 0 Å². The van der Waals surface area contributed by atoms with Gasteiger partial charge in [0.1, 0.15) is 5.75 Å². The number of hydrogen-bond donors (Lipinski definition) is 1. The lowest BCUT2D eigenvalue weighted by Crippen LogP contribution is -1.82. The maximum atomic E-state index is 10.3. The standard InChI is InChI=1S/C23H17OP/c24-21-14-8-7-13-20(21)23-16-19(17-9-3-1-4-10-17)15-22(25-23)18-11-5-2-6-12-18/h1-16,24H. The van der Waals surface area contributed by atoms with Gasteiger partial charge >= 0.3 is 0 Å². The quantitative estimate of drug-likeness (QED) is 0.427. The fourth-order valence-electron chi connectivity index (χ4n) is 2.91. The topological polar surface area (TPSA) is 20.2 Å². The van der Waals surface area contributed by atoms with Crippen molar-refractivity contribution >= 4 is 8.19 Å². The number of rotatable bonds is 3. The molecule has 0 radical (unpaired) electrons. The molecule has 2 heteroatoms. The smallest absolute Gasteiger partial charge is 0.123 e. The van der Waals surface area contributed by atoms with Gasteiger partial charge in [0.2, 0.25) is 0 Å². The first kappa shape index (κ1) is 15.6. The Labute approximate surface area is 149 Å². The minimum Gasteiger partial charge on any atom is -0.507 e. The van der Waals surface area contributed by atoms with Crippen LogP contribution >= 0.6 is 8.19 Å². The highest BCUT2D eigenvalue weighted by Crippen LogP contribution is 2.43. The Morgan fingerprint density at radius 2 is 1.08 bits per heavy atom. The Morgan fingerprint density at radius 3 is 1.76 bits per heavy atom. The summed E-state index contributed by atoms with van der Waals surface area (Å²) < 4.78 is 0. The molecule has 4 aromatic rings. The van der Waals surface area contributed by atoms with Crippen LogP contribution in [0, 0.1) is 0 Å². The minimum atomic E-state index is 0.322. The van der Waals surface area contributed by atoms with Crippen molar-refractivity contribution in [3.63, 3.8) is 0 Å². The molecule has 1 aromatic heterocycles. The van der Waals surface area contributed by atoms with Gasteiger partial charge in [-0.15, -0.1) is 0 Å². The fourth-order valence-corrected chi connectivity index (χ4v) is 4.17. The van der Waals surface area contributed by atoms with Crippen LogP contribution in [0.25, 0.3) is 32.8 Å². The van der Waals surface area contributed by atoms with E-state index >= 15 is 0 Å². The SMILES string of the molecule is Oc1ccccc1-c1cc(-c2ccccc2)cc(-c2ccccc2)p1. The molecule has 1 N–H and O–H groups in total. The van der Waals surface area contributed by atoms with E-state index in [9.17, 15) is 5.11 Å². The van der Waals surface area contributed by atoms with Crippen LogP contribution in [0.2, 0.25) is 0 Å². The van der Waals surface area contributed by atoms with Crippen molar-refractivity contribution < 1.29 is 5.11 Å². The summed E-state index contributed by atoms with van der Waals surface area (Å²) in [6.45, 7) is 0. The zero-order valence-electron chi connectivity index (χ0n) is 13.6. The van der Waals surface area contributed by atoms with Gasteiger partial charge in [-0.3, -0.25) is 0 Å². The molecule has 120 valence electrons. The van der Waals surface area contributed by atoms with E-state index in [1.54, 1.807) is 6.07 Å². The third-order valence-corrected chi connectivity index (χ3v) is 5.42. The lowest BCUT2D eigenvalue weighted by atomic mass is 10.0. The molecule has 0 amide bonds. The molecule has 0 aliphatic carbocycles. The summed E-state index contributed by atoms with van der Waals surface area (Å²) >= 11 is 0. The number of phenols is 1. The summed E-state index contributed by atoms with van der Waals surface area (Å²) in [4.78, 5) is 0. The Bertz CT molecular complexity index is 937. The molecular formula is C23H17OP. The van der Waals surface area contributed by atoms with Crippen LogP contribution in [0.3, 0.4) is 0 Å². The van der Waals surface area contributed by atoms with E-state index in [4.69, 9.17) is 0 Å². The number of hydrogen-bond acceptors (Lipinski definition) is 1. The first-order chi connectivity index (χ1) is 12.3. The summed E-state index contributed by atoms with van der Waals surface area (Å²) in [5.74, 6) is 0.322. The number of benzene rings is 3. The molecule has 0 fully saturated rings. The van der Waals surface area contributed by atoms with E-state index in [2.05, 4.69) is 60.7 Å². The van der Waals surface area contributed by atoms with Gasteiger partial charge in [0, 0.05) is 16.2 Å². The van der Waals surface area contributed by atoms with Crippen molar-refractivity contribution in [1.29, 1.82) is 0 Å². The fraction of sp³-hybridized carbons (Fsp3) is 0. The third kappa shape index (κ3) is 3.33. The third-order valence-electron chi connectivity index (χ3n) is 4.18. The van der Waals surface area contributed by atoms with E-state index < -0.39 is 0 Å². The highest BCUT2D eigenvalue weighted by molar-refractivity contribution is 7.37. The van der Waals surface area contributed by atoms with Gasteiger partial charge in [0.15, 0.2) is 0 Å². The van der Waals surface area contributed by atoms with Gasteiger partial charge in [0.05, 0.1) is 0 Å². The monoisotopic (exact) mass is 340 g/mol. The number of phenolic OH excluding ortho intramolecular Hbond substituents is 1. The zero-order chi connectivity index (χ0) is 17.1. The molecule has 0 aliphatic rings. The Morgan fingerprint density at radius 1 is 0.520 bits per heavy atom. The normalized spacial score (nSPS) is 10.9. The molecule has 0 saturated carbocycles. The average Bonchev–Trinajstić information content (AvgIpc) is 2.69. The summed E-state index contributed by atoms with van der Waals surface area (Å²) in [5.41, 5.74) is 4.44. The van der Waals surface area contributed by atoms with Gasteiger partial charge in [-0.25, -0.2) is 0 Å². The van der Waals surface area contributed by atoms with E-state index in [1.807, 2.05) is 30.3 Å². The van der Waals surface area contributed by atoms with E-state index in [0.29, 0.717) is 5.75 Å². The van der Waals surface area contributed by atoms with Crippen LogP contribution in [0.4, 0.5) is 0 Å². The second-order valence-electron chi connectivity index (χ2n) is 5.88. The lowest BCUT2D eigenvalue weighted by molar-refractivity contribution is 0.477. The molecule has 0 spiro atoms. The van der Waals surface area contributed by atoms with Crippen molar-refractivity contribution in [3.05, 3.63) is 97.1 Å². The molecule has 0 atom stereocenters. The largest absolute Gasteiger partial charge is 0.507 e. The summed E-state index contributed by atoms with van der Waals surface area (Å²) in [6.07, 6.45) is 0. The van der Waals surface area contributed by atoms with Crippen LogP contribution in [0.1, 0.15) is 0 Å². The molecule has 0 saturated heterocycles. The predicted molar refractivity (Wildman–Crippen MR) is 107 cm³/mol. The first-order valence-corrected chi connectivity index (χ1v) is 9.12. The summed E-state index contributed by atoms with van der Waals surface area (Å²) in [6, 6.07) is 32.8. The second-order valence-corrected chi connectivity index (χ2v) is 7.06. The molecular weight excluding hydrogens is 323 g/mol. The molecule has 0 aliphatic heterocycles. The van der Waals surface area contributed by atoms with Crippen molar-refractivity contribution in [2.24, 2.45) is 0 Å². The molecule has 1 heterocycles. The summed E-state index contributed by atoms with van der Waals surface area (Å²) in [5, 5.41) is 12.6. The Hall–Kier alpha value is -2.89. The van der Waals surface area contributed by atoms with Crippen molar-refractivity contribution in [2.75, 3.05) is 0 Å². The van der Waals surface area contributed by atoms with Gasteiger partial charge in [-0.1, -0.05) is 87.1 Å². The highest BCUT2D eigenvalue weighted by atomic mass is 31.0. The average molecular weight is 340 g/mol. The molecule has 0 bridgehead atoms. The van der Waals surface area contributed by atoms with Gasteiger partial charge in [-0.05, 0) is 34.9 Å². The molecule has 4 rings (SSSR count). The van der Waals surface area contributed by atoms with Crippen LogP contribution in [0.5, 0.6) is 5.75 Å².